The number of benzene rings is 2. The van der Waals surface area contributed by atoms with Crippen LogP contribution in [0, 0.1) is 5.82 Å². The summed E-state index contributed by atoms with van der Waals surface area (Å²) in [5.41, 5.74) is -0.0924. The summed E-state index contributed by atoms with van der Waals surface area (Å²) in [5.74, 6) is -1.24. The molecule has 2 rings (SSSR count). The number of nitrogens with one attached hydrogen (secondary N) is 2. The van der Waals surface area contributed by atoms with E-state index in [9.17, 15) is 17.6 Å². The van der Waals surface area contributed by atoms with Gasteiger partial charge in [0.15, 0.2) is 0 Å². The summed E-state index contributed by atoms with van der Waals surface area (Å²) in [7, 11) is -3.71. The molecular formula is C15H14ClFN2O3S. The predicted octanol–water partition coefficient (Wildman–Crippen LogP) is 2.19. The zero-order chi connectivity index (χ0) is 16.9. The number of amides is 1. The normalized spacial score (nSPS) is 11.2. The minimum Gasteiger partial charge on any atom is -0.351 e. The molecule has 0 saturated carbocycles. The van der Waals surface area contributed by atoms with E-state index in [4.69, 9.17) is 11.6 Å². The molecule has 0 aliphatic carbocycles. The van der Waals surface area contributed by atoms with E-state index in [1.54, 1.807) is 12.1 Å². The van der Waals surface area contributed by atoms with Gasteiger partial charge in [0.25, 0.3) is 5.91 Å². The Hall–Kier alpha value is -1.96. The van der Waals surface area contributed by atoms with E-state index in [1.807, 2.05) is 0 Å². The molecule has 0 fully saturated rings. The van der Waals surface area contributed by atoms with Gasteiger partial charge >= 0.3 is 0 Å². The molecule has 2 N–H and O–H groups in total. The molecule has 0 aliphatic rings. The Morgan fingerprint density at radius 1 is 1.09 bits per heavy atom. The van der Waals surface area contributed by atoms with Gasteiger partial charge in [0, 0.05) is 18.1 Å². The first-order valence-electron chi connectivity index (χ1n) is 6.68. The van der Waals surface area contributed by atoms with Crippen LogP contribution in [0.2, 0.25) is 5.02 Å². The quantitative estimate of drug-likeness (QED) is 0.779. The van der Waals surface area contributed by atoms with Crippen LogP contribution in [-0.4, -0.2) is 27.4 Å². The topological polar surface area (TPSA) is 75.3 Å². The third-order valence-electron chi connectivity index (χ3n) is 2.93. The zero-order valence-corrected chi connectivity index (χ0v) is 13.5. The van der Waals surface area contributed by atoms with Gasteiger partial charge in [0.1, 0.15) is 5.82 Å². The second-order valence-corrected chi connectivity index (χ2v) is 6.79. The maximum absolute atomic E-state index is 13.4. The third kappa shape index (κ3) is 4.75. The molecule has 0 unspecified atom stereocenters. The Labute approximate surface area is 138 Å². The van der Waals surface area contributed by atoms with Gasteiger partial charge in [-0.1, -0.05) is 29.8 Å². The lowest BCUT2D eigenvalue weighted by atomic mass is 10.2. The Bertz CT molecular complexity index is 812. The molecule has 0 saturated heterocycles. The Morgan fingerprint density at radius 3 is 2.52 bits per heavy atom. The first kappa shape index (κ1) is 17.4. The van der Waals surface area contributed by atoms with Crippen molar-refractivity contribution in [1.29, 1.82) is 0 Å². The molecule has 0 aromatic heterocycles. The number of hydrogen-bond donors (Lipinski definition) is 2. The van der Waals surface area contributed by atoms with Crippen LogP contribution >= 0.6 is 11.6 Å². The number of halogens is 2. The number of carbonyl (C=O) groups excluding carboxylic acids is 1. The average Bonchev–Trinajstić information content (AvgIpc) is 2.52. The highest BCUT2D eigenvalue weighted by Crippen LogP contribution is 2.14. The Morgan fingerprint density at radius 2 is 1.83 bits per heavy atom. The van der Waals surface area contributed by atoms with Crippen molar-refractivity contribution in [3.63, 3.8) is 0 Å². The molecule has 0 atom stereocenters. The second-order valence-electron chi connectivity index (χ2n) is 4.59. The minimum absolute atomic E-state index is 0.0208. The molecule has 0 bridgehead atoms. The van der Waals surface area contributed by atoms with Crippen LogP contribution in [0.3, 0.4) is 0 Å². The van der Waals surface area contributed by atoms with E-state index in [0.717, 1.165) is 0 Å². The van der Waals surface area contributed by atoms with Crippen molar-refractivity contribution in [1.82, 2.24) is 10.0 Å². The van der Waals surface area contributed by atoms with E-state index >= 15 is 0 Å². The fourth-order valence-electron chi connectivity index (χ4n) is 1.82. The smallest absolute Gasteiger partial charge is 0.254 e. The maximum atomic E-state index is 13.4. The fourth-order valence-corrected chi connectivity index (χ4v) is 3.15. The van der Waals surface area contributed by atoms with E-state index in [0.29, 0.717) is 5.02 Å². The number of sulfonamides is 1. The molecule has 122 valence electrons. The highest BCUT2D eigenvalue weighted by molar-refractivity contribution is 7.89. The van der Waals surface area contributed by atoms with Crippen molar-refractivity contribution in [2.75, 3.05) is 13.1 Å². The second kappa shape index (κ2) is 7.54. The van der Waals surface area contributed by atoms with Crippen LogP contribution in [0.4, 0.5) is 4.39 Å². The van der Waals surface area contributed by atoms with Gasteiger partial charge in [0.05, 0.1) is 10.5 Å². The predicted molar refractivity (Wildman–Crippen MR) is 85.4 cm³/mol. The summed E-state index contributed by atoms with van der Waals surface area (Å²) in [6, 6.07) is 11.4. The molecule has 23 heavy (non-hydrogen) atoms. The van der Waals surface area contributed by atoms with Gasteiger partial charge in [0.2, 0.25) is 10.0 Å². The summed E-state index contributed by atoms with van der Waals surface area (Å²) < 4.78 is 39.8. The Kier molecular flexibility index (Phi) is 5.70. The standard InChI is InChI=1S/C15H14ClFN2O3S/c16-11-4-3-5-12(10-11)23(21,22)19-9-8-18-15(20)13-6-1-2-7-14(13)17/h1-7,10,19H,8-9H2,(H,18,20). The molecule has 8 heteroatoms. The summed E-state index contributed by atoms with van der Waals surface area (Å²) in [6.07, 6.45) is 0. The van der Waals surface area contributed by atoms with Crippen molar-refractivity contribution >= 4 is 27.5 Å². The van der Waals surface area contributed by atoms with Gasteiger partial charge in [-0.15, -0.1) is 0 Å². The van der Waals surface area contributed by atoms with Crippen LogP contribution in [-0.2, 0) is 10.0 Å². The lowest BCUT2D eigenvalue weighted by molar-refractivity contribution is 0.0950. The molecular weight excluding hydrogens is 343 g/mol. The average molecular weight is 357 g/mol. The first-order valence-corrected chi connectivity index (χ1v) is 8.54. The summed E-state index contributed by atoms with van der Waals surface area (Å²) >= 11 is 5.75. The molecule has 0 heterocycles. The Balaban J connectivity index is 1.88. The monoisotopic (exact) mass is 356 g/mol. The van der Waals surface area contributed by atoms with Crippen LogP contribution in [0.15, 0.2) is 53.4 Å². The van der Waals surface area contributed by atoms with Gasteiger partial charge in [-0.25, -0.2) is 17.5 Å². The van der Waals surface area contributed by atoms with Crippen molar-refractivity contribution in [3.05, 3.63) is 64.9 Å². The molecule has 0 spiro atoms. The summed E-state index contributed by atoms with van der Waals surface area (Å²) in [6.45, 7) is -0.0119. The molecule has 0 aliphatic heterocycles. The lowest BCUT2D eigenvalue weighted by Crippen LogP contribution is -2.35. The molecule has 2 aromatic carbocycles. The minimum atomic E-state index is -3.71. The highest BCUT2D eigenvalue weighted by Gasteiger charge is 2.14. The molecule has 2 aromatic rings. The highest BCUT2D eigenvalue weighted by atomic mass is 35.5. The van der Waals surface area contributed by atoms with Gasteiger partial charge < -0.3 is 5.32 Å². The van der Waals surface area contributed by atoms with Crippen molar-refractivity contribution < 1.29 is 17.6 Å². The van der Waals surface area contributed by atoms with Gasteiger partial charge in [-0.2, -0.15) is 0 Å². The lowest BCUT2D eigenvalue weighted by Gasteiger charge is -2.08. The number of rotatable bonds is 6. The van der Waals surface area contributed by atoms with E-state index in [-0.39, 0.29) is 23.5 Å². The van der Waals surface area contributed by atoms with Crippen molar-refractivity contribution in [2.24, 2.45) is 0 Å². The van der Waals surface area contributed by atoms with Crippen LogP contribution in [0.1, 0.15) is 10.4 Å². The van der Waals surface area contributed by atoms with Crippen LogP contribution in [0.5, 0.6) is 0 Å². The van der Waals surface area contributed by atoms with E-state index in [1.165, 1.54) is 36.4 Å². The van der Waals surface area contributed by atoms with Crippen LogP contribution in [0.25, 0.3) is 0 Å². The van der Waals surface area contributed by atoms with Crippen LogP contribution < -0.4 is 10.0 Å². The van der Waals surface area contributed by atoms with Crippen molar-refractivity contribution in [3.8, 4) is 0 Å². The maximum Gasteiger partial charge on any atom is 0.254 e. The number of carbonyl (C=O) groups is 1. The van der Waals surface area contributed by atoms with Gasteiger partial charge in [-0.3, -0.25) is 4.79 Å². The zero-order valence-electron chi connectivity index (χ0n) is 11.9. The van der Waals surface area contributed by atoms with Gasteiger partial charge in [-0.05, 0) is 30.3 Å². The molecule has 1 amide bonds. The fraction of sp³-hybridized carbons (Fsp3) is 0.133. The van der Waals surface area contributed by atoms with E-state index < -0.39 is 21.7 Å². The summed E-state index contributed by atoms with van der Waals surface area (Å²) in [4.78, 5) is 11.8. The third-order valence-corrected chi connectivity index (χ3v) is 4.62. The molecule has 5 nitrogen and oxygen atoms in total. The summed E-state index contributed by atoms with van der Waals surface area (Å²) in [5, 5.41) is 2.75. The first-order chi connectivity index (χ1) is 10.9. The SMILES string of the molecule is O=C(NCCNS(=O)(=O)c1cccc(Cl)c1)c1ccccc1F. The van der Waals surface area contributed by atoms with Crippen molar-refractivity contribution in [2.45, 2.75) is 4.90 Å². The molecule has 0 radical (unpaired) electrons. The largest absolute Gasteiger partial charge is 0.351 e. The van der Waals surface area contributed by atoms with E-state index in [2.05, 4.69) is 10.0 Å². The number of hydrogen-bond acceptors (Lipinski definition) is 3.